The van der Waals surface area contributed by atoms with Gasteiger partial charge in [0.2, 0.25) is 0 Å². The molecular weight excluding hydrogens is 244 g/mol. The number of aromatic nitrogens is 3. The average molecular weight is 260 g/mol. The number of nitrogens with one attached hydrogen (secondary N) is 1. The molecule has 1 aliphatic carbocycles. The van der Waals surface area contributed by atoms with Gasteiger partial charge < -0.3 is 0 Å². The molecule has 2 aromatic heterocycles. The van der Waals surface area contributed by atoms with E-state index in [4.69, 9.17) is 0 Å². The number of hydrogen-bond donors (Lipinski definition) is 1. The van der Waals surface area contributed by atoms with Crippen molar-refractivity contribution >= 4 is 16.9 Å². The van der Waals surface area contributed by atoms with Crippen LogP contribution in [0.15, 0.2) is 18.5 Å². The number of hydroxylamine groups is 1. The lowest BCUT2D eigenvalue weighted by molar-refractivity contribution is 0.0537. The summed E-state index contributed by atoms with van der Waals surface area (Å²) in [7, 11) is 1.40. The van der Waals surface area contributed by atoms with Gasteiger partial charge in [0.25, 0.3) is 5.91 Å². The van der Waals surface area contributed by atoms with Crippen molar-refractivity contribution in [3.63, 3.8) is 0 Å². The second-order valence-electron chi connectivity index (χ2n) is 4.80. The SMILES string of the molecule is CONC(=O)c1cnc2c(cnn2C2CCCC2)c1. The summed E-state index contributed by atoms with van der Waals surface area (Å²) in [6.07, 6.45) is 8.14. The molecule has 0 aliphatic heterocycles. The molecule has 2 heterocycles. The summed E-state index contributed by atoms with van der Waals surface area (Å²) in [6, 6.07) is 2.23. The fourth-order valence-electron chi connectivity index (χ4n) is 2.63. The van der Waals surface area contributed by atoms with Crippen LogP contribution in [0.3, 0.4) is 0 Å². The Morgan fingerprint density at radius 3 is 2.95 bits per heavy atom. The van der Waals surface area contributed by atoms with Crippen LogP contribution in [-0.2, 0) is 4.84 Å². The van der Waals surface area contributed by atoms with E-state index in [1.165, 1.54) is 20.0 Å². The van der Waals surface area contributed by atoms with Crippen LogP contribution in [-0.4, -0.2) is 27.8 Å². The first kappa shape index (κ1) is 12.1. The Morgan fingerprint density at radius 1 is 1.42 bits per heavy atom. The third-order valence-electron chi connectivity index (χ3n) is 3.56. The maximum absolute atomic E-state index is 11.6. The summed E-state index contributed by atoms with van der Waals surface area (Å²) in [5.74, 6) is -0.300. The number of nitrogens with zero attached hydrogens (tertiary/aromatic N) is 3. The van der Waals surface area contributed by atoms with Gasteiger partial charge in [-0.2, -0.15) is 5.10 Å². The fraction of sp³-hybridized carbons (Fsp3) is 0.462. The molecule has 1 saturated carbocycles. The predicted molar refractivity (Wildman–Crippen MR) is 69.5 cm³/mol. The normalized spacial score (nSPS) is 16.1. The highest BCUT2D eigenvalue weighted by Gasteiger charge is 2.20. The molecule has 6 nitrogen and oxygen atoms in total. The quantitative estimate of drug-likeness (QED) is 0.855. The zero-order chi connectivity index (χ0) is 13.2. The third-order valence-corrected chi connectivity index (χ3v) is 3.56. The summed E-state index contributed by atoms with van der Waals surface area (Å²) in [4.78, 5) is 20.6. The number of amides is 1. The minimum Gasteiger partial charge on any atom is -0.277 e. The van der Waals surface area contributed by atoms with E-state index >= 15 is 0 Å². The van der Waals surface area contributed by atoms with Gasteiger partial charge in [0.05, 0.1) is 24.9 Å². The van der Waals surface area contributed by atoms with Gasteiger partial charge in [-0.05, 0) is 18.9 Å². The van der Waals surface area contributed by atoms with E-state index in [1.807, 2.05) is 4.68 Å². The fourth-order valence-corrected chi connectivity index (χ4v) is 2.63. The zero-order valence-corrected chi connectivity index (χ0v) is 10.8. The molecular formula is C13H16N4O2. The van der Waals surface area contributed by atoms with E-state index in [0.29, 0.717) is 11.6 Å². The molecule has 1 fully saturated rings. The van der Waals surface area contributed by atoms with Crippen molar-refractivity contribution in [2.45, 2.75) is 31.7 Å². The molecule has 0 radical (unpaired) electrons. The molecule has 0 aromatic carbocycles. The smallest absolute Gasteiger partial charge is 0.276 e. The van der Waals surface area contributed by atoms with Gasteiger partial charge in [-0.25, -0.2) is 15.1 Å². The lowest BCUT2D eigenvalue weighted by Crippen LogP contribution is -2.21. The van der Waals surface area contributed by atoms with Crippen LogP contribution in [0.1, 0.15) is 42.1 Å². The van der Waals surface area contributed by atoms with Crippen LogP contribution in [0.4, 0.5) is 0 Å². The van der Waals surface area contributed by atoms with Gasteiger partial charge in [-0.15, -0.1) is 0 Å². The van der Waals surface area contributed by atoms with E-state index in [2.05, 4.69) is 20.4 Å². The summed E-state index contributed by atoms with van der Waals surface area (Å²) >= 11 is 0. The molecule has 1 amide bonds. The first-order chi connectivity index (χ1) is 9.29. The highest BCUT2D eigenvalue weighted by atomic mass is 16.6. The van der Waals surface area contributed by atoms with Crippen LogP contribution in [0.2, 0.25) is 0 Å². The molecule has 2 aromatic rings. The molecule has 1 aliphatic rings. The topological polar surface area (TPSA) is 69.0 Å². The Labute approximate surface area is 110 Å². The predicted octanol–water partition coefficient (Wildman–Crippen LogP) is 1.84. The molecule has 3 rings (SSSR count). The first-order valence-electron chi connectivity index (χ1n) is 6.46. The summed E-state index contributed by atoms with van der Waals surface area (Å²) in [6.45, 7) is 0. The minimum absolute atomic E-state index is 0.300. The van der Waals surface area contributed by atoms with E-state index in [-0.39, 0.29) is 5.91 Å². The van der Waals surface area contributed by atoms with E-state index in [0.717, 1.165) is 23.9 Å². The van der Waals surface area contributed by atoms with Crippen LogP contribution in [0.25, 0.3) is 11.0 Å². The van der Waals surface area contributed by atoms with Crippen molar-refractivity contribution in [1.29, 1.82) is 0 Å². The Bertz CT molecular complexity index is 602. The highest BCUT2D eigenvalue weighted by Crippen LogP contribution is 2.31. The number of carbonyl (C=O) groups excluding carboxylic acids is 1. The van der Waals surface area contributed by atoms with Crippen LogP contribution < -0.4 is 5.48 Å². The first-order valence-corrected chi connectivity index (χ1v) is 6.46. The molecule has 0 saturated heterocycles. The molecule has 0 spiro atoms. The van der Waals surface area contributed by atoms with Crippen molar-refractivity contribution in [3.05, 3.63) is 24.0 Å². The molecule has 100 valence electrons. The van der Waals surface area contributed by atoms with Crippen LogP contribution in [0, 0.1) is 0 Å². The van der Waals surface area contributed by atoms with Gasteiger partial charge in [-0.1, -0.05) is 12.8 Å². The maximum atomic E-state index is 11.6. The summed E-state index contributed by atoms with van der Waals surface area (Å²) < 4.78 is 1.99. The molecule has 6 heteroatoms. The summed E-state index contributed by atoms with van der Waals surface area (Å²) in [5.41, 5.74) is 3.60. The lowest BCUT2D eigenvalue weighted by atomic mass is 10.2. The van der Waals surface area contributed by atoms with Gasteiger partial charge in [0.1, 0.15) is 0 Å². The number of hydrogen-bond acceptors (Lipinski definition) is 4. The van der Waals surface area contributed by atoms with E-state index in [9.17, 15) is 4.79 Å². The maximum Gasteiger partial charge on any atom is 0.276 e. The largest absolute Gasteiger partial charge is 0.277 e. The molecule has 0 unspecified atom stereocenters. The molecule has 19 heavy (non-hydrogen) atoms. The molecule has 1 N–H and O–H groups in total. The van der Waals surface area contributed by atoms with Crippen molar-refractivity contribution in [2.75, 3.05) is 7.11 Å². The zero-order valence-electron chi connectivity index (χ0n) is 10.8. The Kier molecular flexibility index (Phi) is 3.16. The van der Waals surface area contributed by atoms with Gasteiger partial charge in [-0.3, -0.25) is 9.63 Å². The monoisotopic (exact) mass is 260 g/mol. The van der Waals surface area contributed by atoms with E-state index < -0.39 is 0 Å². The number of fused-ring (bicyclic) bond motifs is 1. The van der Waals surface area contributed by atoms with Gasteiger partial charge in [0.15, 0.2) is 5.65 Å². The number of rotatable bonds is 3. The molecule has 0 bridgehead atoms. The van der Waals surface area contributed by atoms with Crippen molar-refractivity contribution < 1.29 is 9.63 Å². The van der Waals surface area contributed by atoms with Crippen molar-refractivity contribution in [2.24, 2.45) is 0 Å². The van der Waals surface area contributed by atoms with E-state index in [1.54, 1.807) is 18.5 Å². The van der Waals surface area contributed by atoms with Gasteiger partial charge >= 0.3 is 0 Å². The molecule has 0 atom stereocenters. The average Bonchev–Trinajstić information content (AvgIpc) is 3.06. The lowest BCUT2D eigenvalue weighted by Gasteiger charge is -2.10. The Morgan fingerprint density at radius 2 is 2.21 bits per heavy atom. The van der Waals surface area contributed by atoms with Crippen molar-refractivity contribution in [1.82, 2.24) is 20.2 Å². The standard InChI is InChI=1S/C13H16N4O2/c1-19-16-13(18)10-6-9-8-15-17(12(9)14-7-10)11-4-2-3-5-11/h6-8,11H,2-5H2,1H3,(H,16,18). The van der Waals surface area contributed by atoms with Crippen LogP contribution in [0.5, 0.6) is 0 Å². The second kappa shape index (κ2) is 4.97. The van der Waals surface area contributed by atoms with Gasteiger partial charge in [0, 0.05) is 11.6 Å². The third kappa shape index (κ3) is 2.19. The number of carbonyl (C=O) groups is 1. The van der Waals surface area contributed by atoms with Crippen LogP contribution >= 0.6 is 0 Å². The second-order valence-corrected chi connectivity index (χ2v) is 4.80. The summed E-state index contributed by atoms with van der Waals surface area (Å²) in [5, 5.41) is 5.30. The number of pyridine rings is 1. The highest BCUT2D eigenvalue weighted by molar-refractivity contribution is 5.96. The van der Waals surface area contributed by atoms with Crippen molar-refractivity contribution in [3.8, 4) is 0 Å². The minimum atomic E-state index is -0.300. The Hall–Kier alpha value is -1.95. The Balaban J connectivity index is 1.95.